The van der Waals surface area contributed by atoms with Gasteiger partial charge in [0.05, 0.1) is 12.2 Å². The van der Waals surface area contributed by atoms with Crippen LogP contribution in [0.15, 0.2) is 12.1 Å². The minimum Gasteiger partial charge on any atom is -0.399 e. The molecule has 0 aliphatic carbocycles. The minimum atomic E-state index is 0.0957. The fourth-order valence-corrected chi connectivity index (χ4v) is 2.22. The number of carbonyl (C=O) groups is 1. The lowest BCUT2D eigenvalue weighted by molar-refractivity contribution is -0.118. The van der Waals surface area contributed by atoms with Crippen LogP contribution in [0.1, 0.15) is 17.5 Å². The van der Waals surface area contributed by atoms with Gasteiger partial charge in [-0.15, -0.1) is 6.42 Å². The van der Waals surface area contributed by atoms with E-state index in [1.807, 2.05) is 19.1 Å². The zero-order valence-electron chi connectivity index (χ0n) is 9.29. The lowest BCUT2D eigenvalue weighted by Gasteiger charge is -2.29. The first-order chi connectivity index (χ1) is 7.63. The molecule has 1 amide bonds. The lowest BCUT2D eigenvalue weighted by Crippen LogP contribution is -2.36. The highest BCUT2D eigenvalue weighted by atomic mass is 16.2. The number of amides is 1. The van der Waals surface area contributed by atoms with E-state index in [-0.39, 0.29) is 5.91 Å². The lowest BCUT2D eigenvalue weighted by atomic mass is 9.97. The molecule has 0 saturated heterocycles. The number of hydrogen-bond donors (Lipinski definition) is 1. The molecule has 1 aromatic rings. The van der Waals surface area contributed by atoms with Gasteiger partial charge in [0.1, 0.15) is 0 Å². The monoisotopic (exact) mass is 214 g/mol. The van der Waals surface area contributed by atoms with Crippen molar-refractivity contribution in [2.75, 3.05) is 17.2 Å². The molecular formula is C13H14N2O. The van der Waals surface area contributed by atoms with Crippen LogP contribution in [0.3, 0.4) is 0 Å². The standard InChI is InChI=1S/C13H14N2O/c1-3-6-15-12(16)5-4-10-8-11(14)7-9(2)13(10)15/h1,7-8H,4-6,14H2,2H3. The van der Waals surface area contributed by atoms with Crippen LogP contribution in [0.5, 0.6) is 0 Å². The fraction of sp³-hybridized carbons (Fsp3) is 0.308. The quantitative estimate of drug-likeness (QED) is 0.568. The van der Waals surface area contributed by atoms with E-state index in [9.17, 15) is 4.79 Å². The second kappa shape index (κ2) is 3.90. The number of rotatable bonds is 1. The van der Waals surface area contributed by atoms with Crippen molar-refractivity contribution in [1.82, 2.24) is 0 Å². The summed E-state index contributed by atoms with van der Waals surface area (Å²) in [6.45, 7) is 2.29. The van der Waals surface area contributed by atoms with Crippen LogP contribution in [-0.4, -0.2) is 12.5 Å². The molecule has 16 heavy (non-hydrogen) atoms. The SMILES string of the molecule is C#CCN1C(=O)CCc2cc(N)cc(C)c21. The Morgan fingerprint density at radius 3 is 2.94 bits per heavy atom. The van der Waals surface area contributed by atoms with Crippen LogP contribution in [0.4, 0.5) is 11.4 Å². The molecule has 2 rings (SSSR count). The number of aryl methyl sites for hydroxylation is 2. The Morgan fingerprint density at radius 1 is 1.50 bits per heavy atom. The third kappa shape index (κ3) is 1.63. The van der Waals surface area contributed by atoms with Gasteiger partial charge in [0.15, 0.2) is 0 Å². The molecule has 0 radical (unpaired) electrons. The van der Waals surface area contributed by atoms with Crippen LogP contribution >= 0.6 is 0 Å². The van der Waals surface area contributed by atoms with Gasteiger partial charge in [0.25, 0.3) is 0 Å². The zero-order chi connectivity index (χ0) is 11.7. The van der Waals surface area contributed by atoms with Gasteiger partial charge in [0.2, 0.25) is 5.91 Å². The Bertz CT molecular complexity index is 485. The number of fused-ring (bicyclic) bond motifs is 1. The van der Waals surface area contributed by atoms with Gasteiger partial charge in [-0.05, 0) is 36.6 Å². The topological polar surface area (TPSA) is 46.3 Å². The molecule has 0 saturated carbocycles. The number of hydrogen-bond acceptors (Lipinski definition) is 2. The van der Waals surface area contributed by atoms with E-state index in [2.05, 4.69) is 5.92 Å². The molecule has 2 N–H and O–H groups in total. The van der Waals surface area contributed by atoms with Crippen LogP contribution in [0.2, 0.25) is 0 Å². The molecular weight excluding hydrogens is 200 g/mol. The van der Waals surface area contributed by atoms with E-state index in [4.69, 9.17) is 12.2 Å². The van der Waals surface area contributed by atoms with E-state index in [1.54, 1.807) is 4.90 Å². The molecule has 0 aromatic heterocycles. The summed E-state index contributed by atoms with van der Waals surface area (Å²) in [5.41, 5.74) is 9.61. The first-order valence-corrected chi connectivity index (χ1v) is 5.26. The Balaban J connectivity index is 2.55. The highest BCUT2D eigenvalue weighted by molar-refractivity contribution is 5.98. The van der Waals surface area contributed by atoms with E-state index < -0.39 is 0 Å². The maximum absolute atomic E-state index is 11.8. The van der Waals surface area contributed by atoms with Crippen LogP contribution in [0, 0.1) is 19.3 Å². The van der Waals surface area contributed by atoms with E-state index >= 15 is 0 Å². The predicted molar refractivity (Wildman–Crippen MR) is 65.1 cm³/mol. The molecule has 1 aliphatic rings. The van der Waals surface area contributed by atoms with Gasteiger partial charge in [-0.1, -0.05) is 5.92 Å². The van der Waals surface area contributed by atoms with E-state index in [0.29, 0.717) is 13.0 Å². The van der Waals surface area contributed by atoms with Crippen LogP contribution in [-0.2, 0) is 11.2 Å². The maximum atomic E-state index is 11.8. The molecule has 3 heteroatoms. The van der Waals surface area contributed by atoms with Crippen molar-refractivity contribution in [3.05, 3.63) is 23.3 Å². The van der Waals surface area contributed by atoms with Crippen molar-refractivity contribution in [1.29, 1.82) is 0 Å². The largest absolute Gasteiger partial charge is 0.399 e. The van der Waals surface area contributed by atoms with Gasteiger partial charge in [-0.25, -0.2) is 0 Å². The number of carbonyl (C=O) groups excluding carboxylic acids is 1. The van der Waals surface area contributed by atoms with Crippen molar-refractivity contribution in [3.8, 4) is 12.3 Å². The molecule has 0 atom stereocenters. The summed E-state index contributed by atoms with van der Waals surface area (Å²) >= 11 is 0. The molecule has 1 aromatic carbocycles. The third-order valence-electron chi connectivity index (χ3n) is 2.83. The summed E-state index contributed by atoms with van der Waals surface area (Å²) < 4.78 is 0. The molecule has 0 unspecified atom stereocenters. The average Bonchev–Trinajstić information content (AvgIpc) is 2.22. The summed E-state index contributed by atoms with van der Waals surface area (Å²) in [6, 6.07) is 3.80. The van der Waals surface area contributed by atoms with Crippen LogP contribution in [0.25, 0.3) is 0 Å². The van der Waals surface area contributed by atoms with Crippen molar-refractivity contribution in [2.45, 2.75) is 19.8 Å². The van der Waals surface area contributed by atoms with E-state index in [1.165, 1.54) is 0 Å². The molecule has 0 bridgehead atoms. The summed E-state index contributed by atoms with van der Waals surface area (Å²) in [4.78, 5) is 13.5. The Morgan fingerprint density at radius 2 is 2.25 bits per heavy atom. The van der Waals surface area contributed by atoms with Crippen LogP contribution < -0.4 is 10.6 Å². The van der Waals surface area contributed by atoms with Gasteiger partial charge in [-0.2, -0.15) is 0 Å². The minimum absolute atomic E-state index is 0.0957. The number of anilines is 2. The molecule has 3 nitrogen and oxygen atoms in total. The summed E-state index contributed by atoms with van der Waals surface area (Å²) in [5, 5.41) is 0. The first-order valence-electron chi connectivity index (χ1n) is 5.26. The highest BCUT2D eigenvalue weighted by Crippen LogP contribution is 2.32. The smallest absolute Gasteiger partial charge is 0.228 e. The highest BCUT2D eigenvalue weighted by Gasteiger charge is 2.25. The number of nitrogens with two attached hydrogens (primary N) is 1. The number of benzene rings is 1. The number of nitrogen functional groups attached to an aromatic ring is 1. The molecule has 0 fully saturated rings. The number of nitrogens with zero attached hydrogens (tertiary/aromatic N) is 1. The van der Waals surface area contributed by atoms with Gasteiger partial charge in [0, 0.05) is 12.1 Å². The fourth-order valence-electron chi connectivity index (χ4n) is 2.22. The van der Waals surface area contributed by atoms with Crippen molar-refractivity contribution in [3.63, 3.8) is 0 Å². The Labute approximate surface area is 95.2 Å². The van der Waals surface area contributed by atoms with E-state index in [0.717, 1.165) is 28.9 Å². The number of terminal acetylenes is 1. The average molecular weight is 214 g/mol. The normalized spacial score (nSPS) is 14.5. The molecule has 82 valence electrons. The Kier molecular flexibility index (Phi) is 2.57. The van der Waals surface area contributed by atoms with Crippen molar-refractivity contribution in [2.24, 2.45) is 0 Å². The molecule has 0 spiro atoms. The second-order valence-electron chi connectivity index (χ2n) is 4.03. The van der Waals surface area contributed by atoms with Gasteiger partial charge in [-0.3, -0.25) is 4.79 Å². The summed E-state index contributed by atoms with van der Waals surface area (Å²) in [5.74, 6) is 2.62. The molecule has 1 aliphatic heterocycles. The van der Waals surface area contributed by atoms with Crippen molar-refractivity contribution < 1.29 is 4.79 Å². The van der Waals surface area contributed by atoms with Gasteiger partial charge < -0.3 is 10.6 Å². The molecule has 1 heterocycles. The maximum Gasteiger partial charge on any atom is 0.228 e. The zero-order valence-corrected chi connectivity index (χ0v) is 9.29. The Hall–Kier alpha value is -1.95. The first kappa shape index (κ1) is 10.6. The van der Waals surface area contributed by atoms with Gasteiger partial charge >= 0.3 is 0 Å². The summed E-state index contributed by atoms with van der Waals surface area (Å²) in [6.07, 6.45) is 6.55. The summed E-state index contributed by atoms with van der Waals surface area (Å²) in [7, 11) is 0. The second-order valence-corrected chi connectivity index (χ2v) is 4.03. The van der Waals surface area contributed by atoms with Crippen molar-refractivity contribution >= 4 is 17.3 Å². The predicted octanol–water partition coefficient (Wildman–Crippen LogP) is 1.49. The third-order valence-corrected chi connectivity index (χ3v) is 2.83.